The predicted molar refractivity (Wildman–Crippen MR) is 142 cm³/mol. The average molecular weight is 457 g/mol. The lowest BCUT2D eigenvalue weighted by Gasteiger charge is -2.33. The molecule has 0 aliphatic carbocycles. The lowest BCUT2D eigenvalue weighted by atomic mass is 10.0. The third-order valence-electron chi connectivity index (χ3n) is 6.79. The maximum absolute atomic E-state index is 6.66. The van der Waals surface area contributed by atoms with Crippen LogP contribution in [0.2, 0.25) is 12.1 Å². The van der Waals surface area contributed by atoms with Gasteiger partial charge in [-0.05, 0) is 31.4 Å². The molecule has 0 heterocycles. The second-order valence-corrected chi connectivity index (χ2v) is 13.5. The van der Waals surface area contributed by atoms with Crippen molar-refractivity contribution >= 4 is 8.56 Å². The zero-order valence-electron chi connectivity index (χ0n) is 22.5. The fraction of sp³-hybridized carbons (Fsp3) is 1.00. The highest BCUT2D eigenvalue weighted by Crippen LogP contribution is 2.25. The van der Waals surface area contributed by atoms with E-state index in [1.54, 1.807) is 0 Å². The third kappa shape index (κ3) is 18.3. The van der Waals surface area contributed by atoms with Crippen molar-refractivity contribution in [1.29, 1.82) is 0 Å². The van der Waals surface area contributed by atoms with E-state index in [-0.39, 0.29) is 0 Å². The number of unbranched alkanes of at least 4 members (excludes halogenated alkanes) is 14. The molecule has 2 nitrogen and oxygen atoms in total. The second-order valence-electron chi connectivity index (χ2n) is 9.73. The summed E-state index contributed by atoms with van der Waals surface area (Å²) in [6.45, 7) is 12.3. The Morgan fingerprint density at radius 2 is 0.871 bits per heavy atom. The van der Waals surface area contributed by atoms with Gasteiger partial charge in [0, 0.05) is 12.7 Å². The van der Waals surface area contributed by atoms with Crippen molar-refractivity contribution in [3.63, 3.8) is 0 Å². The van der Waals surface area contributed by atoms with Gasteiger partial charge >= 0.3 is 8.56 Å². The van der Waals surface area contributed by atoms with Gasteiger partial charge in [0.25, 0.3) is 0 Å². The van der Waals surface area contributed by atoms with Gasteiger partial charge in [-0.3, -0.25) is 0 Å². The van der Waals surface area contributed by atoms with E-state index in [9.17, 15) is 0 Å². The van der Waals surface area contributed by atoms with Crippen LogP contribution in [0.3, 0.4) is 0 Å². The minimum Gasteiger partial charge on any atom is -0.394 e. The molecule has 0 fully saturated rings. The van der Waals surface area contributed by atoms with Gasteiger partial charge in [-0.15, -0.1) is 0 Å². The van der Waals surface area contributed by atoms with Gasteiger partial charge in [0.05, 0.1) is 0 Å². The Morgan fingerprint density at radius 3 is 1.23 bits per heavy atom. The molecule has 0 aromatic carbocycles. The lowest BCUT2D eigenvalue weighted by Crippen LogP contribution is -2.44. The molecule has 0 radical (unpaired) electrons. The molecular formula is C28H60O2Si. The largest absolute Gasteiger partial charge is 0.394 e. The number of hydrogen-bond acceptors (Lipinski definition) is 2. The highest BCUT2D eigenvalue weighted by Gasteiger charge is 2.35. The fourth-order valence-corrected chi connectivity index (χ4v) is 7.27. The molecular weight excluding hydrogens is 396 g/mol. The molecule has 0 atom stereocenters. The Hall–Kier alpha value is 0.137. The number of rotatable bonds is 25. The average Bonchev–Trinajstić information content (AvgIpc) is 2.78. The fourth-order valence-electron chi connectivity index (χ4n) is 4.60. The molecule has 0 aliphatic heterocycles. The van der Waals surface area contributed by atoms with E-state index in [4.69, 9.17) is 8.85 Å². The Balaban J connectivity index is 3.67. The van der Waals surface area contributed by atoms with E-state index in [1.807, 2.05) is 0 Å². The monoisotopic (exact) mass is 456 g/mol. The molecule has 0 saturated carbocycles. The van der Waals surface area contributed by atoms with Crippen LogP contribution in [-0.2, 0) is 8.85 Å². The van der Waals surface area contributed by atoms with Crippen LogP contribution in [0.25, 0.3) is 0 Å². The summed E-state index contributed by atoms with van der Waals surface area (Å²) in [5.74, 6) is 0. The SMILES string of the molecule is CCCCCCCCCCCCCCCCCO[Si](CC)(CC)OC(CCC)CCC. The first kappa shape index (κ1) is 31.1. The molecule has 0 rings (SSSR count). The minimum absolute atomic E-state index is 0.419. The van der Waals surface area contributed by atoms with Gasteiger partial charge in [-0.25, -0.2) is 0 Å². The van der Waals surface area contributed by atoms with E-state index < -0.39 is 8.56 Å². The summed E-state index contributed by atoms with van der Waals surface area (Å²) in [7, 11) is -1.99. The smallest absolute Gasteiger partial charge is 0.337 e. The third-order valence-corrected chi connectivity index (χ3v) is 10.4. The van der Waals surface area contributed by atoms with Crippen LogP contribution in [0.5, 0.6) is 0 Å². The van der Waals surface area contributed by atoms with Crippen LogP contribution >= 0.6 is 0 Å². The summed E-state index contributed by atoms with van der Waals surface area (Å²) in [6, 6.07) is 2.18. The standard InChI is InChI=1S/C28H60O2Si/c1-6-11-12-13-14-15-16-17-18-19-20-21-22-23-24-27-29-31(9-4,10-5)30-28(25-7-2)26-8-3/h28H,6-27H2,1-5H3. The Kier molecular flexibility index (Phi) is 23.4. The van der Waals surface area contributed by atoms with E-state index in [0.29, 0.717) is 6.10 Å². The summed E-state index contributed by atoms with van der Waals surface area (Å²) < 4.78 is 13.1. The van der Waals surface area contributed by atoms with Crippen molar-refractivity contribution in [3.05, 3.63) is 0 Å². The maximum atomic E-state index is 6.66. The zero-order chi connectivity index (χ0) is 23.0. The summed E-state index contributed by atoms with van der Waals surface area (Å²) in [5, 5.41) is 0. The van der Waals surface area contributed by atoms with E-state index in [0.717, 1.165) is 18.7 Å². The van der Waals surface area contributed by atoms with Gasteiger partial charge in [0.15, 0.2) is 0 Å². The van der Waals surface area contributed by atoms with Crippen LogP contribution in [-0.4, -0.2) is 21.3 Å². The van der Waals surface area contributed by atoms with Crippen molar-refractivity contribution < 1.29 is 8.85 Å². The first-order valence-corrected chi connectivity index (χ1v) is 16.7. The molecule has 0 saturated heterocycles. The van der Waals surface area contributed by atoms with Crippen molar-refractivity contribution in [1.82, 2.24) is 0 Å². The van der Waals surface area contributed by atoms with Crippen molar-refractivity contribution in [2.24, 2.45) is 0 Å². The molecule has 0 spiro atoms. The molecule has 0 unspecified atom stereocenters. The normalized spacial score (nSPS) is 12.2. The van der Waals surface area contributed by atoms with Crippen molar-refractivity contribution in [3.8, 4) is 0 Å². The molecule has 31 heavy (non-hydrogen) atoms. The lowest BCUT2D eigenvalue weighted by molar-refractivity contribution is 0.0982. The molecule has 0 aliphatic rings. The maximum Gasteiger partial charge on any atom is 0.337 e. The summed E-state index contributed by atoms with van der Waals surface area (Å²) in [5.41, 5.74) is 0. The minimum atomic E-state index is -1.99. The van der Waals surface area contributed by atoms with Crippen LogP contribution in [0, 0.1) is 0 Å². The first-order valence-electron chi connectivity index (χ1n) is 14.5. The van der Waals surface area contributed by atoms with E-state index >= 15 is 0 Å². The highest BCUT2D eigenvalue weighted by atomic mass is 28.4. The predicted octanol–water partition coefficient (Wildman–Crippen LogP) is 10.3. The quantitative estimate of drug-likeness (QED) is 0.100. The van der Waals surface area contributed by atoms with Crippen LogP contribution < -0.4 is 0 Å². The van der Waals surface area contributed by atoms with Gasteiger partial charge < -0.3 is 8.85 Å². The summed E-state index contributed by atoms with van der Waals surface area (Å²) >= 11 is 0. The molecule has 0 aromatic rings. The summed E-state index contributed by atoms with van der Waals surface area (Å²) in [4.78, 5) is 0. The van der Waals surface area contributed by atoms with Crippen molar-refractivity contribution in [2.45, 2.75) is 175 Å². The zero-order valence-corrected chi connectivity index (χ0v) is 23.5. The van der Waals surface area contributed by atoms with E-state index in [1.165, 1.54) is 122 Å². The summed E-state index contributed by atoms with van der Waals surface area (Å²) in [6.07, 6.45) is 26.4. The number of hydrogen-bond donors (Lipinski definition) is 0. The Labute approximate surface area is 198 Å². The van der Waals surface area contributed by atoms with Crippen LogP contribution in [0.4, 0.5) is 0 Å². The van der Waals surface area contributed by atoms with Crippen LogP contribution in [0.15, 0.2) is 0 Å². The second kappa shape index (κ2) is 23.3. The van der Waals surface area contributed by atoms with E-state index in [2.05, 4.69) is 34.6 Å². The van der Waals surface area contributed by atoms with Crippen LogP contribution in [0.1, 0.15) is 157 Å². The van der Waals surface area contributed by atoms with Gasteiger partial charge in [-0.1, -0.05) is 137 Å². The molecule has 0 N–H and O–H groups in total. The molecule has 0 aromatic heterocycles. The first-order chi connectivity index (χ1) is 15.2. The molecule has 0 amide bonds. The van der Waals surface area contributed by atoms with Gasteiger partial charge in [-0.2, -0.15) is 0 Å². The topological polar surface area (TPSA) is 18.5 Å². The Morgan fingerprint density at radius 1 is 0.484 bits per heavy atom. The van der Waals surface area contributed by atoms with Gasteiger partial charge in [0.1, 0.15) is 0 Å². The Bertz CT molecular complexity index is 338. The van der Waals surface area contributed by atoms with Crippen molar-refractivity contribution in [2.75, 3.05) is 6.61 Å². The molecule has 3 heteroatoms. The highest BCUT2D eigenvalue weighted by molar-refractivity contribution is 6.67. The molecule has 188 valence electrons. The van der Waals surface area contributed by atoms with Gasteiger partial charge in [0.2, 0.25) is 0 Å². The molecule has 0 bridgehead atoms.